The van der Waals surface area contributed by atoms with Gasteiger partial charge in [0.1, 0.15) is 90.6 Å². The molecule has 15 atom stereocenters. The van der Waals surface area contributed by atoms with E-state index in [9.17, 15) is 81.8 Å². The summed E-state index contributed by atoms with van der Waals surface area (Å²) in [6.07, 6.45) is 3.82. The molecule has 4 bridgehead atoms. The van der Waals surface area contributed by atoms with E-state index in [4.69, 9.17) is 22.6 Å². The molecule has 672 valence electrons. The normalized spacial score (nSPS) is 27.0. The molecule has 2 aromatic heterocycles. The Labute approximate surface area is 720 Å². The van der Waals surface area contributed by atoms with Gasteiger partial charge in [-0.05, 0) is 77.8 Å². The first-order valence-corrected chi connectivity index (χ1v) is 44.2. The molecule has 3 aromatic rings. The fraction of sp³-hybridized carbons (Fsp3) is 0.556. The zero-order chi connectivity index (χ0) is 89.8. The number of aliphatic hydroxyl groups is 1. The predicted octanol–water partition coefficient (Wildman–Crippen LogP) is -10.6. The van der Waals surface area contributed by atoms with Crippen molar-refractivity contribution in [2.24, 2.45) is 17.2 Å². The molecule has 4 aliphatic heterocycles. The van der Waals surface area contributed by atoms with Gasteiger partial charge in [-0.15, -0.1) is 0 Å². The molecule has 4 aliphatic rings. The van der Waals surface area contributed by atoms with Gasteiger partial charge in [-0.1, -0.05) is 73.5 Å². The smallest absolute Gasteiger partial charge is 0.246 e. The Morgan fingerprint density at radius 2 is 0.878 bits per heavy atom. The molecule has 4 saturated heterocycles. The standard InChI is InChI=1S/C72H105N27O20S4/c1-35-57(105)80-25-56(104)90-45(22-53(74)101)60(108)81-26-54(102)89-42(14-9-17-79-72(75)76)63(111)96-51-32-122-120-29-48-61(109)82-27-55(103)88-41(13-7-8-16-73)62(110)92-44(20-39-23-77-33-83-39)65(113)91-43(19-38-11-5-4-6-12-38)64(112)94-47(28-100)66(114)97-49(67(115)86-36(2)58(106)85-35)30-121-123-31-50(98-69(51)117)68(116)93-46(21-40-24-78-34-84-40)71(119)99-18-10-15-52(99)70(118)87-37(3)59(107)95-48/h4-6,11-12,23-24,33-37,41-52,100H,7-10,13-22,25-32,73H2,1-3H3,(H2,74,101)(H,77,83)(H,78,84)(H,80,105)(H,81,108)(H,82,109)(H,85,106)(H,86,115)(H,87,118)(H,88,103)(H,89,102)(H,90,104)(H,91,113)(H,92,110)(H,93,116)(H,94,112)(H,95,107)(H,96,111)(H,97,114)(H,98,117)(H4,75,76,79)/t35-,36-,37-,41-,42-,43-,44-,45-,46-,47-,48-,49-,50-,51-,52-/m0/s1. The molecule has 1 aromatic carbocycles. The highest BCUT2D eigenvalue weighted by Crippen LogP contribution is 2.27. The lowest BCUT2D eigenvalue weighted by Gasteiger charge is -2.31. The number of unbranched alkanes of at least 4 members (excludes halogenated alkanes) is 1. The molecule has 0 unspecified atom stereocenters. The van der Waals surface area contributed by atoms with E-state index in [2.05, 4.69) is 116 Å². The van der Waals surface area contributed by atoms with Crippen LogP contribution < -0.4 is 113 Å². The maximum absolute atomic E-state index is 15.5. The summed E-state index contributed by atoms with van der Waals surface area (Å²) < 4.78 is 0. The van der Waals surface area contributed by atoms with Crippen LogP contribution in [0.5, 0.6) is 0 Å². The van der Waals surface area contributed by atoms with Crippen LogP contribution in [0.1, 0.15) is 89.1 Å². The third kappa shape index (κ3) is 32.5. The van der Waals surface area contributed by atoms with Crippen LogP contribution in [0.25, 0.3) is 0 Å². The first-order chi connectivity index (χ1) is 58.7. The number of benzene rings is 1. The monoisotopic (exact) mass is 1800 g/mol. The van der Waals surface area contributed by atoms with Gasteiger partial charge in [-0.2, -0.15) is 0 Å². The number of carbonyl (C=O) groups excluding carboxylic acids is 19. The van der Waals surface area contributed by atoms with Gasteiger partial charge in [0, 0.05) is 67.8 Å². The molecule has 28 N–H and O–H groups in total. The fourth-order valence-corrected chi connectivity index (χ4v) is 17.2. The van der Waals surface area contributed by atoms with E-state index in [1.165, 1.54) is 50.7 Å². The number of aromatic nitrogens is 4. The quantitative estimate of drug-likeness (QED) is 0.0258. The lowest BCUT2D eigenvalue weighted by Crippen LogP contribution is -2.61. The molecule has 7 rings (SSSR count). The van der Waals surface area contributed by atoms with Crippen LogP contribution in [0.4, 0.5) is 0 Å². The lowest BCUT2D eigenvalue weighted by atomic mass is 10.0. The van der Waals surface area contributed by atoms with Crippen LogP contribution in [0, 0.1) is 5.41 Å². The second-order valence-electron chi connectivity index (χ2n) is 28.9. The van der Waals surface area contributed by atoms with Crippen LogP contribution in [0.3, 0.4) is 0 Å². The number of aromatic amines is 2. The van der Waals surface area contributed by atoms with Crippen LogP contribution in [-0.2, 0) is 110 Å². The average Bonchev–Trinajstić information content (AvgIpc) is 1.65. The summed E-state index contributed by atoms with van der Waals surface area (Å²) in [7, 11) is 3.07. The van der Waals surface area contributed by atoms with Gasteiger partial charge >= 0.3 is 0 Å². The number of nitrogens with zero attached hydrogens (tertiary/aromatic N) is 3. The summed E-state index contributed by atoms with van der Waals surface area (Å²) in [5.74, 6) is -22.7. The van der Waals surface area contributed by atoms with Gasteiger partial charge in [0.2, 0.25) is 112 Å². The van der Waals surface area contributed by atoms with Gasteiger partial charge in [0.15, 0.2) is 5.96 Å². The summed E-state index contributed by atoms with van der Waals surface area (Å²) in [6, 6.07) is -16.7. The second-order valence-corrected chi connectivity index (χ2v) is 34.0. The minimum atomic E-state index is -1.99. The van der Waals surface area contributed by atoms with Crippen LogP contribution >= 0.6 is 43.2 Å². The first kappa shape index (κ1) is 98.3. The third-order valence-electron chi connectivity index (χ3n) is 19.2. The molecule has 19 amide bonds. The number of nitrogens with one attached hydrogen (secondary N) is 21. The topological polar surface area (TPSA) is 724 Å². The van der Waals surface area contributed by atoms with Crippen LogP contribution in [-0.4, -0.2) is 308 Å². The van der Waals surface area contributed by atoms with Crippen molar-refractivity contribution >= 4 is 161 Å². The van der Waals surface area contributed by atoms with Crippen molar-refractivity contribution in [3.05, 3.63) is 72.3 Å². The second kappa shape index (κ2) is 49.9. The maximum Gasteiger partial charge on any atom is 0.246 e. The van der Waals surface area contributed by atoms with Crippen molar-refractivity contribution in [3.8, 4) is 0 Å². The number of fused-ring (bicyclic) bond motifs is 9. The zero-order valence-corrected chi connectivity index (χ0v) is 70.6. The number of H-pyrrole nitrogens is 2. The van der Waals surface area contributed by atoms with E-state index in [1.807, 2.05) is 0 Å². The Bertz CT molecular complexity index is 4260. The fourth-order valence-electron chi connectivity index (χ4n) is 12.6. The van der Waals surface area contributed by atoms with E-state index >= 15 is 14.4 Å². The predicted molar refractivity (Wildman–Crippen MR) is 445 cm³/mol. The van der Waals surface area contributed by atoms with Gasteiger partial charge in [-0.3, -0.25) is 96.5 Å². The van der Waals surface area contributed by atoms with Gasteiger partial charge in [-0.25, -0.2) is 9.97 Å². The van der Waals surface area contributed by atoms with Crippen molar-refractivity contribution in [2.45, 2.75) is 182 Å². The molecule has 123 heavy (non-hydrogen) atoms. The SMILES string of the molecule is C[C@@H]1NC(=O)[C@H](C)NC(=O)[C@@H]2CSSC[C@@H]3NC(=O)[C@H](CSSC[C@H](NC(=O)[C@H](C)NC(=O)[C@@H]4CCCN4C(=O)[C@H](Cc4c[nH]cn4)NC3=O)C(=O)NCC(=O)N[C@@H](CCCCN)C(=O)N[C@@H](Cc3c[nH]cn3)C(=O)N[C@@H](Cc3ccccc3)C(=O)N[C@@H](CO)C(=O)N2)NC(=O)[C@H](CCCNC(=N)N)NC(=O)CNC(=O)[C@H](CC(N)=O)NC(=O)CNC1=O. The molecular weight excluding hydrogens is 1690 g/mol. The Morgan fingerprint density at radius 3 is 1.41 bits per heavy atom. The number of primary amides is 1. The van der Waals surface area contributed by atoms with Crippen molar-refractivity contribution < 1.29 is 96.2 Å². The van der Waals surface area contributed by atoms with Crippen molar-refractivity contribution in [2.75, 3.05) is 68.9 Å². The summed E-state index contributed by atoms with van der Waals surface area (Å²) in [6.45, 7) is -0.332. The van der Waals surface area contributed by atoms with E-state index < -0.39 is 264 Å². The third-order valence-corrected chi connectivity index (χ3v) is 24.1. The van der Waals surface area contributed by atoms with Crippen LogP contribution in [0.2, 0.25) is 0 Å². The summed E-state index contributed by atoms with van der Waals surface area (Å²) in [5.41, 5.74) is 17.7. The Kier molecular flexibility index (Phi) is 39.9. The number of carbonyl (C=O) groups is 19. The summed E-state index contributed by atoms with van der Waals surface area (Å²) in [4.78, 5) is 288. The maximum atomic E-state index is 15.5. The Hall–Kier alpha value is -11.8. The van der Waals surface area contributed by atoms with Crippen molar-refractivity contribution in [1.82, 2.24) is 121 Å². The Balaban J connectivity index is 1.40. The van der Waals surface area contributed by atoms with Crippen molar-refractivity contribution in [1.29, 1.82) is 5.41 Å². The number of hydrogen-bond acceptors (Lipinski definition) is 28. The number of hydrogen-bond donors (Lipinski definition) is 25. The molecule has 51 heteroatoms. The molecule has 0 aliphatic carbocycles. The average molecular weight is 1800 g/mol. The minimum absolute atomic E-state index is 0.0380. The van der Waals surface area contributed by atoms with E-state index in [0.29, 0.717) is 12.0 Å². The molecule has 4 fully saturated rings. The molecular formula is C72H105N27O20S4. The van der Waals surface area contributed by atoms with Gasteiger partial charge < -0.3 is 133 Å². The number of amides is 19. The lowest BCUT2D eigenvalue weighted by molar-refractivity contribution is -0.142. The van der Waals surface area contributed by atoms with Gasteiger partial charge in [0.05, 0.1) is 56.7 Å². The number of rotatable bonds is 17. The van der Waals surface area contributed by atoms with E-state index in [1.54, 1.807) is 30.3 Å². The van der Waals surface area contributed by atoms with Gasteiger partial charge in [0.25, 0.3) is 0 Å². The molecule has 0 saturated carbocycles. The Morgan fingerprint density at radius 1 is 0.463 bits per heavy atom. The molecule has 47 nitrogen and oxygen atoms in total. The summed E-state index contributed by atoms with van der Waals surface area (Å²) in [5, 5.41) is 63.4. The zero-order valence-electron chi connectivity index (χ0n) is 67.3. The number of aliphatic hydroxyl groups excluding tert-OH is 1. The van der Waals surface area contributed by atoms with Crippen LogP contribution in [0.15, 0.2) is 55.4 Å². The number of guanidine groups is 1. The number of nitrogens with two attached hydrogens (primary N) is 3. The first-order valence-electron chi connectivity index (χ1n) is 39.2. The van der Waals surface area contributed by atoms with E-state index in [0.717, 1.165) is 43.2 Å². The molecule has 0 radical (unpaired) electrons. The molecule has 6 heterocycles. The van der Waals surface area contributed by atoms with Crippen molar-refractivity contribution in [3.63, 3.8) is 0 Å². The number of imidazole rings is 2. The highest BCUT2D eigenvalue weighted by molar-refractivity contribution is 8.77. The minimum Gasteiger partial charge on any atom is -0.394 e. The summed E-state index contributed by atoms with van der Waals surface area (Å²) >= 11 is 0. The molecule has 0 spiro atoms. The van der Waals surface area contributed by atoms with E-state index in [-0.39, 0.29) is 88.8 Å². The highest BCUT2D eigenvalue weighted by atomic mass is 33.1. The highest BCUT2D eigenvalue weighted by Gasteiger charge is 2.42. The largest absolute Gasteiger partial charge is 0.394 e.